The van der Waals surface area contributed by atoms with E-state index in [1.165, 1.54) is 32.1 Å². The minimum absolute atomic E-state index is 0.205. The first-order valence-corrected chi connectivity index (χ1v) is 5.63. The van der Waals surface area contributed by atoms with E-state index in [4.69, 9.17) is 5.11 Å². The van der Waals surface area contributed by atoms with Crippen molar-refractivity contribution in [3.63, 3.8) is 0 Å². The molecule has 0 aromatic carbocycles. The lowest BCUT2D eigenvalue weighted by atomic mass is 9.84. The van der Waals surface area contributed by atoms with Crippen molar-refractivity contribution in [3.8, 4) is 0 Å². The molecule has 1 fully saturated rings. The van der Waals surface area contributed by atoms with E-state index in [1.807, 2.05) is 6.92 Å². The van der Waals surface area contributed by atoms with Gasteiger partial charge in [-0.05, 0) is 38.5 Å². The first-order chi connectivity index (χ1) is 6.22. The number of hydrogen-bond donors (Lipinski definition) is 2. The Hall–Kier alpha value is -0.0800. The highest BCUT2D eigenvalue weighted by Crippen LogP contribution is 2.26. The Morgan fingerprint density at radius 3 is 2.38 bits per heavy atom. The third kappa shape index (κ3) is 4.10. The second-order valence-electron chi connectivity index (χ2n) is 4.38. The predicted molar refractivity (Wildman–Crippen MR) is 55.7 cm³/mol. The summed E-state index contributed by atoms with van der Waals surface area (Å²) in [6, 6.07) is 0.664. The molecule has 2 nitrogen and oxygen atoms in total. The molecule has 0 aromatic heterocycles. The highest BCUT2D eigenvalue weighted by molar-refractivity contribution is 4.76. The second kappa shape index (κ2) is 5.61. The molecule has 1 aliphatic rings. The van der Waals surface area contributed by atoms with Crippen LogP contribution >= 0.6 is 0 Å². The highest BCUT2D eigenvalue weighted by Gasteiger charge is 2.19. The fourth-order valence-corrected chi connectivity index (χ4v) is 2.11. The molecule has 13 heavy (non-hydrogen) atoms. The molecule has 1 saturated carbocycles. The van der Waals surface area contributed by atoms with Gasteiger partial charge >= 0.3 is 0 Å². The van der Waals surface area contributed by atoms with Crippen LogP contribution in [0.25, 0.3) is 0 Å². The molecule has 0 aromatic rings. The lowest BCUT2D eigenvalue weighted by Gasteiger charge is -2.28. The Balaban J connectivity index is 2.10. The van der Waals surface area contributed by atoms with Crippen LogP contribution in [0.1, 0.15) is 46.0 Å². The summed E-state index contributed by atoms with van der Waals surface area (Å²) in [7, 11) is 0. The van der Waals surface area contributed by atoms with Gasteiger partial charge < -0.3 is 10.4 Å². The molecular formula is C11H23NO. The van der Waals surface area contributed by atoms with Crippen LogP contribution in [0.15, 0.2) is 0 Å². The van der Waals surface area contributed by atoms with Gasteiger partial charge in [-0.2, -0.15) is 0 Å². The van der Waals surface area contributed by atoms with E-state index in [0.717, 1.165) is 12.5 Å². The standard InChI is InChI=1S/C11H23NO/c1-3-10-4-6-11(7-5-10)12-8-9(2)13/h9-13H,3-8H2,1-2H3/t9-,10?,11?/m0/s1. The minimum atomic E-state index is -0.205. The van der Waals surface area contributed by atoms with Crippen molar-refractivity contribution in [2.75, 3.05) is 6.54 Å². The van der Waals surface area contributed by atoms with Crippen LogP contribution in [-0.4, -0.2) is 23.8 Å². The van der Waals surface area contributed by atoms with Gasteiger partial charge in [0.2, 0.25) is 0 Å². The van der Waals surface area contributed by atoms with Crippen molar-refractivity contribution >= 4 is 0 Å². The summed E-state index contributed by atoms with van der Waals surface area (Å²) >= 11 is 0. The normalized spacial score (nSPS) is 31.6. The fraction of sp³-hybridized carbons (Fsp3) is 1.00. The summed E-state index contributed by atoms with van der Waals surface area (Å²) in [5, 5.41) is 12.5. The lowest BCUT2D eigenvalue weighted by molar-refractivity contribution is 0.177. The zero-order chi connectivity index (χ0) is 9.68. The summed E-state index contributed by atoms with van der Waals surface area (Å²) < 4.78 is 0. The monoisotopic (exact) mass is 185 g/mol. The number of rotatable bonds is 4. The Kier molecular flexibility index (Phi) is 4.74. The summed E-state index contributed by atoms with van der Waals surface area (Å²) in [6.07, 6.45) is 6.46. The van der Waals surface area contributed by atoms with Crippen LogP contribution < -0.4 is 5.32 Å². The topological polar surface area (TPSA) is 32.3 Å². The van der Waals surface area contributed by atoms with Gasteiger partial charge in [0, 0.05) is 12.6 Å². The maximum absolute atomic E-state index is 9.12. The van der Waals surface area contributed by atoms with E-state index >= 15 is 0 Å². The lowest BCUT2D eigenvalue weighted by Crippen LogP contribution is -2.37. The average Bonchev–Trinajstić information content (AvgIpc) is 2.15. The zero-order valence-corrected chi connectivity index (χ0v) is 8.92. The molecule has 1 aliphatic carbocycles. The van der Waals surface area contributed by atoms with E-state index < -0.39 is 0 Å². The van der Waals surface area contributed by atoms with Crippen molar-refractivity contribution in [2.45, 2.75) is 58.1 Å². The predicted octanol–water partition coefficient (Wildman–Crippen LogP) is 1.93. The van der Waals surface area contributed by atoms with Gasteiger partial charge in [-0.15, -0.1) is 0 Å². The van der Waals surface area contributed by atoms with E-state index in [9.17, 15) is 0 Å². The van der Waals surface area contributed by atoms with Crippen molar-refractivity contribution < 1.29 is 5.11 Å². The smallest absolute Gasteiger partial charge is 0.0636 e. The molecule has 0 radical (unpaired) electrons. The van der Waals surface area contributed by atoms with E-state index in [1.54, 1.807) is 0 Å². The van der Waals surface area contributed by atoms with Crippen LogP contribution in [0.4, 0.5) is 0 Å². The van der Waals surface area contributed by atoms with Crippen LogP contribution in [0, 0.1) is 5.92 Å². The van der Waals surface area contributed by atoms with Gasteiger partial charge in [-0.1, -0.05) is 13.3 Å². The molecule has 1 rings (SSSR count). The fourth-order valence-electron chi connectivity index (χ4n) is 2.11. The van der Waals surface area contributed by atoms with Crippen molar-refractivity contribution in [1.82, 2.24) is 5.32 Å². The minimum Gasteiger partial charge on any atom is -0.392 e. The first-order valence-electron chi connectivity index (χ1n) is 5.63. The van der Waals surface area contributed by atoms with Crippen LogP contribution in [-0.2, 0) is 0 Å². The zero-order valence-electron chi connectivity index (χ0n) is 8.92. The Bertz CT molecular complexity index is 128. The summed E-state index contributed by atoms with van der Waals surface area (Å²) in [5.41, 5.74) is 0. The average molecular weight is 185 g/mol. The molecule has 2 heteroatoms. The molecule has 0 amide bonds. The molecular weight excluding hydrogens is 162 g/mol. The van der Waals surface area contributed by atoms with Gasteiger partial charge in [0.25, 0.3) is 0 Å². The molecule has 0 unspecified atom stereocenters. The quantitative estimate of drug-likeness (QED) is 0.701. The van der Waals surface area contributed by atoms with E-state index in [0.29, 0.717) is 6.04 Å². The molecule has 78 valence electrons. The number of aliphatic hydroxyl groups excluding tert-OH is 1. The second-order valence-corrected chi connectivity index (χ2v) is 4.38. The van der Waals surface area contributed by atoms with Gasteiger partial charge in [-0.3, -0.25) is 0 Å². The molecule has 0 aliphatic heterocycles. The van der Waals surface area contributed by atoms with Crippen LogP contribution in [0.2, 0.25) is 0 Å². The summed E-state index contributed by atoms with van der Waals surface area (Å²) in [6.45, 7) is 4.88. The van der Waals surface area contributed by atoms with Crippen molar-refractivity contribution in [2.24, 2.45) is 5.92 Å². The van der Waals surface area contributed by atoms with Crippen molar-refractivity contribution in [3.05, 3.63) is 0 Å². The Morgan fingerprint density at radius 1 is 1.31 bits per heavy atom. The number of aliphatic hydroxyl groups is 1. The molecule has 0 heterocycles. The summed E-state index contributed by atoms with van der Waals surface area (Å²) in [5.74, 6) is 0.963. The molecule has 1 atom stereocenters. The van der Waals surface area contributed by atoms with Gasteiger partial charge in [-0.25, -0.2) is 0 Å². The third-order valence-corrected chi connectivity index (χ3v) is 3.13. The van der Waals surface area contributed by atoms with E-state index in [-0.39, 0.29) is 6.10 Å². The molecule has 2 N–H and O–H groups in total. The Morgan fingerprint density at radius 2 is 1.92 bits per heavy atom. The molecule has 0 spiro atoms. The first kappa shape index (κ1) is 11.0. The highest BCUT2D eigenvalue weighted by atomic mass is 16.3. The maximum Gasteiger partial charge on any atom is 0.0636 e. The number of hydrogen-bond acceptors (Lipinski definition) is 2. The Labute approximate surface area is 81.7 Å². The largest absolute Gasteiger partial charge is 0.392 e. The SMILES string of the molecule is CCC1CCC(NC[C@H](C)O)CC1. The summed E-state index contributed by atoms with van der Waals surface area (Å²) in [4.78, 5) is 0. The van der Waals surface area contributed by atoms with Gasteiger partial charge in [0.05, 0.1) is 6.10 Å². The maximum atomic E-state index is 9.12. The van der Waals surface area contributed by atoms with E-state index in [2.05, 4.69) is 12.2 Å². The van der Waals surface area contributed by atoms with Crippen LogP contribution in [0.5, 0.6) is 0 Å². The molecule has 0 saturated heterocycles. The third-order valence-electron chi connectivity index (χ3n) is 3.13. The molecule has 0 bridgehead atoms. The van der Waals surface area contributed by atoms with Gasteiger partial charge in [0.1, 0.15) is 0 Å². The number of nitrogens with one attached hydrogen (secondary N) is 1. The van der Waals surface area contributed by atoms with Gasteiger partial charge in [0.15, 0.2) is 0 Å². The van der Waals surface area contributed by atoms with Crippen molar-refractivity contribution in [1.29, 1.82) is 0 Å². The van der Waals surface area contributed by atoms with Crippen LogP contribution in [0.3, 0.4) is 0 Å².